The molecule has 0 aromatic heterocycles. The van der Waals surface area contributed by atoms with Gasteiger partial charge in [0.2, 0.25) is 0 Å². The number of anilines is 1. The van der Waals surface area contributed by atoms with E-state index in [0.717, 1.165) is 11.3 Å². The molecule has 0 radical (unpaired) electrons. The largest absolute Gasteiger partial charge is 0.478 e. The van der Waals surface area contributed by atoms with E-state index in [9.17, 15) is 19.1 Å². The standard InChI is InChI=1S/C19H26FN3O4/c1-19(2,3)27-18(26)23-7-5-22(6-8-23)15-9-14(20)16(17(24)25)13-11-21(4)10-12(13)15/h9H,5-8,10-11H2,1-4H3,(H,24,25). The zero-order valence-electron chi connectivity index (χ0n) is 16.2. The molecule has 0 bridgehead atoms. The average Bonchev–Trinajstić information content (AvgIpc) is 2.93. The van der Waals surface area contributed by atoms with Gasteiger partial charge in [-0.2, -0.15) is 0 Å². The first kappa shape index (κ1) is 19.4. The molecule has 148 valence electrons. The van der Waals surface area contributed by atoms with Crippen LogP contribution in [0.2, 0.25) is 0 Å². The Kier molecular flexibility index (Phi) is 5.03. The second kappa shape index (κ2) is 6.99. The van der Waals surface area contributed by atoms with Crippen LogP contribution in [-0.4, -0.2) is 65.8 Å². The number of amides is 1. The predicted molar refractivity (Wildman–Crippen MR) is 98.6 cm³/mol. The molecule has 0 unspecified atom stereocenters. The number of rotatable bonds is 2. The molecule has 2 aliphatic heterocycles. The number of carboxylic acid groups (broad SMARTS) is 1. The Balaban J connectivity index is 1.80. The maximum atomic E-state index is 14.5. The summed E-state index contributed by atoms with van der Waals surface area (Å²) in [6.07, 6.45) is -0.348. The Morgan fingerprint density at radius 1 is 1.11 bits per heavy atom. The van der Waals surface area contributed by atoms with Crippen molar-refractivity contribution < 1.29 is 23.8 Å². The second-order valence-corrected chi connectivity index (χ2v) is 8.14. The van der Waals surface area contributed by atoms with Gasteiger partial charge in [-0.1, -0.05) is 0 Å². The van der Waals surface area contributed by atoms with Gasteiger partial charge in [-0.3, -0.25) is 4.90 Å². The minimum atomic E-state index is -1.24. The predicted octanol–water partition coefficient (Wildman–Crippen LogP) is 2.53. The molecule has 1 fully saturated rings. The third-order valence-corrected chi connectivity index (χ3v) is 4.82. The monoisotopic (exact) mass is 379 g/mol. The fourth-order valence-electron chi connectivity index (χ4n) is 3.65. The fraction of sp³-hybridized carbons (Fsp3) is 0.579. The van der Waals surface area contributed by atoms with Crippen LogP contribution in [0.5, 0.6) is 0 Å². The number of piperazine rings is 1. The normalized spacial score (nSPS) is 17.8. The van der Waals surface area contributed by atoms with E-state index in [4.69, 9.17) is 4.74 Å². The van der Waals surface area contributed by atoms with Gasteiger partial charge in [0.1, 0.15) is 17.0 Å². The van der Waals surface area contributed by atoms with E-state index in [0.29, 0.717) is 44.8 Å². The highest BCUT2D eigenvalue weighted by atomic mass is 19.1. The van der Waals surface area contributed by atoms with Crippen LogP contribution >= 0.6 is 0 Å². The number of carbonyl (C=O) groups is 2. The third kappa shape index (κ3) is 4.00. The SMILES string of the molecule is CN1Cc2c(N3CCN(C(=O)OC(C)(C)C)CC3)cc(F)c(C(=O)O)c2C1. The Morgan fingerprint density at radius 3 is 2.26 bits per heavy atom. The molecule has 2 heterocycles. The molecule has 1 saturated heterocycles. The summed E-state index contributed by atoms with van der Waals surface area (Å²) in [6.45, 7) is 8.51. The van der Waals surface area contributed by atoms with Crippen molar-refractivity contribution in [1.82, 2.24) is 9.80 Å². The number of hydrogen-bond acceptors (Lipinski definition) is 5. The van der Waals surface area contributed by atoms with E-state index in [1.807, 2.05) is 37.6 Å². The summed E-state index contributed by atoms with van der Waals surface area (Å²) in [6, 6.07) is 1.32. The second-order valence-electron chi connectivity index (χ2n) is 8.14. The number of carboxylic acids is 1. The van der Waals surface area contributed by atoms with E-state index in [-0.39, 0.29) is 11.7 Å². The summed E-state index contributed by atoms with van der Waals surface area (Å²) in [7, 11) is 1.88. The van der Waals surface area contributed by atoms with Crippen molar-refractivity contribution in [1.29, 1.82) is 0 Å². The van der Waals surface area contributed by atoms with Gasteiger partial charge in [-0.25, -0.2) is 14.0 Å². The van der Waals surface area contributed by atoms with Gasteiger partial charge in [0.25, 0.3) is 0 Å². The molecule has 0 aliphatic carbocycles. The molecule has 1 aromatic rings. The summed E-state index contributed by atoms with van der Waals surface area (Å²) >= 11 is 0. The van der Waals surface area contributed by atoms with Crippen LogP contribution in [0.1, 0.15) is 42.3 Å². The molecule has 1 amide bonds. The number of hydrogen-bond donors (Lipinski definition) is 1. The van der Waals surface area contributed by atoms with Crippen LogP contribution in [0.25, 0.3) is 0 Å². The molecule has 1 N–H and O–H groups in total. The lowest BCUT2D eigenvalue weighted by atomic mass is 9.99. The van der Waals surface area contributed by atoms with Crippen molar-refractivity contribution in [2.75, 3.05) is 38.1 Å². The van der Waals surface area contributed by atoms with Gasteiger partial charge in [0.05, 0.1) is 0 Å². The van der Waals surface area contributed by atoms with E-state index >= 15 is 0 Å². The fourth-order valence-corrected chi connectivity index (χ4v) is 3.65. The molecule has 1 aromatic carbocycles. The number of halogens is 1. The van der Waals surface area contributed by atoms with Gasteiger partial charge in [0.15, 0.2) is 0 Å². The Bertz CT molecular complexity index is 767. The molecule has 8 heteroatoms. The lowest BCUT2D eigenvalue weighted by Crippen LogP contribution is -2.50. The van der Waals surface area contributed by atoms with Crippen molar-refractivity contribution in [2.24, 2.45) is 0 Å². The van der Waals surface area contributed by atoms with E-state index < -0.39 is 17.4 Å². The highest BCUT2D eigenvalue weighted by Crippen LogP contribution is 2.36. The molecule has 0 atom stereocenters. The van der Waals surface area contributed by atoms with Crippen LogP contribution in [0.15, 0.2) is 6.07 Å². The van der Waals surface area contributed by atoms with Crippen molar-refractivity contribution in [2.45, 2.75) is 39.5 Å². The quantitative estimate of drug-likeness (QED) is 0.851. The van der Waals surface area contributed by atoms with Crippen molar-refractivity contribution in [3.8, 4) is 0 Å². The summed E-state index contributed by atoms with van der Waals surface area (Å²) in [5, 5.41) is 9.38. The molecule has 0 spiro atoms. The third-order valence-electron chi connectivity index (χ3n) is 4.82. The molecular formula is C19H26FN3O4. The number of ether oxygens (including phenoxy) is 1. The van der Waals surface area contributed by atoms with Gasteiger partial charge >= 0.3 is 12.1 Å². The Labute approximate surface area is 158 Å². The van der Waals surface area contributed by atoms with Gasteiger partial charge in [-0.15, -0.1) is 0 Å². The lowest BCUT2D eigenvalue weighted by molar-refractivity contribution is 0.0240. The first-order chi connectivity index (χ1) is 12.6. The molecule has 7 nitrogen and oxygen atoms in total. The lowest BCUT2D eigenvalue weighted by Gasteiger charge is -2.37. The minimum Gasteiger partial charge on any atom is -0.478 e. The minimum absolute atomic E-state index is 0.231. The number of carbonyl (C=O) groups excluding carboxylic acids is 1. The first-order valence-corrected chi connectivity index (χ1v) is 9.06. The van der Waals surface area contributed by atoms with Crippen molar-refractivity contribution in [3.05, 3.63) is 28.6 Å². The van der Waals surface area contributed by atoms with Gasteiger partial charge in [-0.05, 0) is 45.0 Å². The zero-order chi connectivity index (χ0) is 19.9. The topological polar surface area (TPSA) is 73.3 Å². The summed E-state index contributed by atoms with van der Waals surface area (Å²) in [5.41, 5.74) is 1.36. The Hall–Kier alpha value is -2.35. The van der Waals surface area contributed by atoms with Crippen LogP contribution in [0.4, 0.5) is 14.9 Å². The number of benzene rings is 1. The van der Waals surface area contributed by atoms with Crippen LogP contribution in [-0.2, 0) is 17.8 Å². The number of aromatic carboxylic acids is 1. The van der Waals surface area contributed by atoms with Crippen LogP contribution in [0, 0.1) is 5.82 Å². The van der Waals surface area contributed by atoms with Gasteiger partial charge in [0, 0.05) is 45.0 Å². The smallest absolute Gasteiger partial charge is 0.410 e. The van der Waals surface area contributed by atoms with Crippen LogP contribution in [0.3, 0.4) is 0 Å². The summed E-state index contributed by atoms with van der Waals surface area (Å²) < 4.78 is 19.9. The van der Waals surface area contributed by atoms with E-state index in [2.05, 4.69) is 0 Å². The van der Waals surface area contributed by atoms with Gasteiger partial charge < -0.3 is 19.6 Å². The van der Waals surface area contributed by atoms with E-state index in [1.165, 1.54) is 6.07 Å². The summed E-state index contributed by atoms with van der Waals surface area (Å²) in [5.74, 6) is -1.94. The molecule has 2 aliphatic rings. The number of nitrogens with zero attached hydrogens (tertiary/aromatic N) is 3. The average molecular weight is 379 g/mol. The maximum Gasteiger partial charge on any atom is 0.410 e. The molecule has 27 heavy (non-hydrogen) atoms. The Morgan fingerprint density at radius 2 is 1.70 bits per heavy atom. The van der Waals surface area contributed by atoms with Crippen molar-refractivity contribution >= 4 is 17.7 Å². The van der Waals surface area contributed by atoms with Crippen LogP contribution < -0.4 is 4.90 Å². The molecule has 3 rings (SSSR count). The number of fused-ring (bicyclic) bond motifs is 1. The van der Waals surface area contributed by atoms with E-state index in [1.54, 1.807) is 4.90 Å². The molecule has 0 saturated carbocycles. The maximum absolute atomic E-state index is 14.5. The highest BCUT2D eigenvalue weighted by Gasteiger charge is 2.32. The summed E-state index contributed by atoms with van der Waals surface area (Å²) in [4.78, 5) is 29.3. The molecular weight excluding hydrogens is 353 g/mol. The first-order valence-electron chi connectivity index (χ1n) is 9.06. The highest BCUT2D eigenvalue weighted by molar-refractivity contribution is 5.91. The van der Waals surface area contributed by atoms with Crippen molar-refractivity contribution in [3.63, 3.8) is 0 Å². The zero-order valence-corrected chi connectivity index (χ0v) is 16.2.